The van der Waals surface area contributed by atoms with Crippen molar-refractivity contribution in [2.75, 3.05) is 55.4 Å². The van der Waals surface area contributed by atoms with Crippen LogP contribution in [0.1, 0.15) is 12.5 Å². The number of anilines is 3. The lowest BCUT2D eigenvalue weighted by Gasteiger charge is -2.34. The van der Waals surface area contributed by atoms with E-state index in [1.54, 1.807) is 31.3 Å². The van der Waals surface area contributed by atoms with E-state index in [-0.39, 0.29) is 10.8 Å². The molecule has 2 heterocycles. The van der Waals surface area contributed by atoms with Gasteiger partial charge in [-0.3, -0.25) is 4.79 Å². The third kappa shape index (κ3) is 4.65. The third-order valence-electron chi connectivity index (χ3n) is 4.82. The molecule has 1 N–H and O–H groups in total. The number of hydrogen-bond donors (Lipinski definition) is 1. The van der Waals surface area contributed by atoms with E-state index in [2.05, 4.69) is 15.5 Å². The van der Waals surface area contributed by atoms with E-state index in [1.165, 1.54) is 11.2 Å². The molecular weight excluding hydrogens is 392 g/mol. The number of hydrogen-bond acceptors (Lipinski definition) is 7. The quantitative estimate of drug-likeness (QED) is 0.782. The number of benzene rings is 1. The molecule has 0 unspecified atom stereocenters. The molecular formula is C19H26N6O3S. The smallest absolute Gasteiger partial charge is 0.243 e. The number of piperazine rings is 1. The molecule has 1 saturated heterocycles. The molecule has 0 aliphatic carbocycles. The zero-order valence-corrected chi connectivity index (χ0v) is 17.9. The molecule has 0 atom stereocenters. The highest BCUT2D eigenvalue weighted by molar-refractivity contribution is 7.89. The van der Waals surface area contributed by atoms with Crippen molar-refractivity contribution in [3.05, 3.63) is 36.0 Å². The van der Waals surface area contributed by atoms with Crippen molar-refractivity contribution in [3.8, 4) is 0 Å². The summed E-state index contributed by atoms with van der Waals surface area (Å²) in [5.74, 6) is 0.543. The lowest BCUT2D eigenvalue weighted by atomic mass is 10.2. The molecule has 3 rings (SSSR count). The molecule has 10 heteroatoms. The fourth-order valence-corrected chi connectivity index (χ4v) is 4.89. The maximum Gasteiger partial charge on any atom is 0.243 e. The number of amides is 1. The molecule has 0 saturated carbocycles. The minimum absolute atomic E-state index is 0.197. The number of rotatable bonds is 5. The topological polar surface area (TPSA) is 98.7 Å². The van der Waals surface area contributed by atoms with E-state index in [9.17, 15) is 13.2 Å². The van der Waals surface area contributed by atoms with Gasteiger partial charge in [-0.25, -0.2) is 8.42 Å². The molecule has 0 bridgehead atoms. The average molecular weight is 419 g/mol. The molecule has 9 nitrogen and oxygen atoms in total. The number of aryl methyl sites for hydroxylation is 1. The van der Waals surface area contributed by atoms with Crippen molar-refractivity contribution < 1.29 is 13.2 Å². The van der Waals surface area contributed by atoms with Gasteiger partial charge in [-0.2, -0.15) is 9.40 Å². The Bertz CT molecular complexity index is 1000. The number of carbonyl (C=O) groups is 1. The van der Waals surface area contributed by atoms with Crippen molar-refractivity contribution in [1.82, 2.24) is 14.5 Å². The van der Waals surface area contributed by atoms with Gasteiger partial charge in [0, 0.05) is 59.0 Å². The number of sulfonamides is 1. The van der Waals surface area contributed by atoms with E-state index in [4.69, 9.17) is 0 Å². The second kappa shape index (κ2) is 8.34. The van der Waals surface area contributed by atoms with Crippen LogP contribution in [-0.4, -0.2) is 69.1 Å². The zero-order valence-electron chi connectivity index (χ0n) is 17.1. The maximum atomic E-state index is 13.1. The second-order valence-electron chi connectivity index (χ2n) is 7.22. The van der Waals surface area contributed by atoms with Crippen LogP contribution in [0.4, 0.5) is 17.2 Å². The van der Waals surface area contributed by atoms with Crippen molar-refractivity contribution >= 4 is 33.1 Å². The van der Waals surface area contributed by atoms with Crippen LogP contribution < -0.4 is 15.1 Å². The summed E-state index contributed by atoms with van der Waals surface area (Å²) in [4.78, 5) is 15.5. The molecule has 1 amide bonds. The average Bonchev–Trinajstić information content (AvgIpc) is 2.67. The SMILES string of the molecule is CC(=O)Nc1ccc(S(=O)(=O)N2CCN(c3cc(N(C)C)cnn3)CC2)c(C)c1. The van der Waals surface area contributed by atoms with Gasteiger partial charge in [-0.15, -0.1) is 5.10 Å². The summed E-state index contributed by atoms with van der Waals surface area (Å²) in [6.07, 6.45) is 1.69. The molecule has 2 aromatic rings. The fraction of sp³-hybridized carbons (Fsp3) is 0.421. The standard InChI is InChI=1S/C19H26N6O3S/c1-14-11-16(21-15(2)26)5-6-18(14)29(27,28)25-9-7-24(8-10-25)19-12-17(23(3)4)13-20-22-19/h5-6,11-13H,7-10H2,1-4H3,(H,21,26). The number of aromatic nitrogens is 2. The summed E-state index contributed by atoms with van der Waals surface area (Å²) in [5.41, 5.74) is 2.13. The van der Waals surface area contributed by atoms with Crippen LogP contribution in [0.15, 0.2) is 35.4 Å². The Labute approximate surface area is 171 Å². The predicted octanol–water partition coefficient (Wildman–Crippen LogP) is 1.32. The van der Waals surface area contributed by atoms with Crippen molar-refractivity contribution in [3.63, 3.8) is 0 Å². The summed E-state index contributed by atoms with van der Waals surface area (Å²) in [6, 6.07) is 6.78. The van der Waals surface area contributed by atoms with Gasteiger partial charge in [0.25, 0.3) is 0 Å². The highest BCUT2D eigenvalue weighted by Crippen LogP contribution is 2.25. The first-order valence-corrected chi connectivity index (χ1v) is 10.8. The fourth-order valence-electron chi connectivity index (χ4n) is 3.26. The van der Waals surface area contributed by atoms with Crippen LogP contribution in [0, 0.1) is 6.92 Å². The Balaban J connectivity index is 1.73. The van der Waals surface area contributed by atoms with Gasteiger partial charge in [0.15, 0.2) is 5.82 Å². The zero-order chi connectivity index (χ0) is 21.2. The van der Waals surface area contributed by atoms with Gasteiger partial charge in [-0.05, 0) is 30.7 Å². The normalized spacial score (nSPS) is 15.2. The predicted molar refractivity (Wildman–Crippen MR) is 113 cm³/mol. The van der Waals surface area contributed by atoms with Crippen molar-refractivity contribution in [2.24, 2.45) is 0 Å². The van der Waals surface area contributed by atoms with Gasteiger partial charge in [-0.1, -0.05) is 0 Å². The molecule has 1 fully saturated rings. The molecule has 1 aromatic carbocycles. The highest BCUT2D eigenvalue weighted by atomic mass is 32.2. The van der Waals surface area contributed by atoms with E-state index in [1.807, 2.05) is 30.0 Å². The Morgan fingerprint density at radius 2 is 1.83 bits per heavy atom. The molecule has 1 aromatic heterocycles. The third-order valence-corrected chi connectivity index (χ3v) is 6.88. The van der Waals surface area contributed by atoms with Gasteiger partial charge in [0.2, 0.25) is 15.9 Å². The lowest BCUT2D eigenvalue weighted by molar-refractivity contribution is -0.114. The maximum absolute atomic E-state index is 13.1. The monoisotopic (exact) mass is 418 g/mol. The number of nitrogens with one attached hydrogen (secondary N) is 1. The molecule has 1 aliphatic rings. The van der Waals surface area contributed by atoms with Gasteiger partial charge in [0.1, 0.15) is 0 Å². The van der Waals surface area contributed by atoms with Crippen molar-refractivity contribution in [1.29, 1.82) is 0 Å². The largest absolute Gasteiger partial charge is 0.376 e. The van der Waals surface area contributed by atoms with E-state index in [0.29, 0.717) is 37.4 Å². The van der Waals surface area contributed by atoms with Crippen LogP contribution in [0.3, 0.4) is 0 Å². The van der Waals surface area contributed by atoms with Crippen LogP contribution in [0.2, 0.25) is 0 Å². The van der Waals surface area contributed by atoms with Crippen molar-refractivity contribution in [2.45, 2.75) is 18.7 Å². The molecule has 0 spiro atoms. The molecule has 0 radical (unpaired) electrons. The lowest BCUT2D eigenvalue weighted by Crippen LogP contribution is -2.49. The highest BCUT2D eigenvalue weighted by Gasteiger charge is 2.30. The van der Waals surface area contributed by atoms with Crippen LogP contribution in [0.5, 0.6) is 0 Å². The summed E-state index contributed by atoms with van der Waals surface area (Å²) < 4.78 is 27.7. The summed E-state index contributed by atoms with van der Waals surface area (Å²) >= 11 is 0. The Hall–Kier alpha value is -2.72. The molecule has 156 valence electrons. The summed E-state index contributed by atoms with van der Waals surface area (Å²) in [6.45, 7) is 4.95. The second-order valence-corrected chi connectivity index (χ2v) is 9.13. The minimum Gasteiger partial charge on any atom is -0.376 e. The number of carbonyl (C=O) groups excluding carboxylic acids is 1. The first kappa shape index (κ1) is 21.0. The van der Waals surface area contributed by atoms with E-state index < -0.39 is 10.0 Å². The first-order valence-electron chi connectivity index (χ1n) is 9.32. The van der Waals surface area contributed by atoms with Crippen LogP contribution in [0.25, 0.3) is 0 Å². The van der Waals surface area contributed by atoms with E-state index >= 15 is 0 Å². The van der Waals surface area contributed by atoms with Gasteiger partial charge >= 0.3 is 0 Å². The number of nitrogens with zero attached hydrogens (tertiary/aromatic N) is 5. The summed E-state index contributed by atoms with van der Waals surface area (Å²) in [5, 5.41) is 10.9. The van der Waals surface area contributed by atoms with Gasteiger partial charge < -0.3 is 15.1 Å². The minimum atomic E-state index is -3.62. The Morgan fingerprint density at radius 3 is 2.41 bits per heavy atom. The Morgan fingerprint density at radius 1 is 1.14 bits per heavy atom. The van der Waals surface area contributed by atoms with Crippen LogP contribution in [-0.2, 0) is 14.8 Å². The molecule has 29 heavy (non-hydrogen) atoms. The van der Waals surface area contributed by atoms with E-state index in [0.717, 1.165) is 11.5 Å². The summed E-state index contributed by atoms with van der Waals surface area (Å²) in [7, 11) is 0.255. The Kier molecular flexibility index (Phi) is 6.04. The first-order chi connectivity index (χ1) is 13.7. The van der Waals surface area contributed by atoms with Gasteiger partial charge in [0.05, 0.1) is 16.8 Å². The van der Waals surface area contributed by atoms with Crippen LogP contribution >= 0.6 is 0 Å². The molecule has 1 aliphatic heterocycles.